The van der Waals surface area contributed by atoms with Crippen LogP contribution in [0.4, 0.5) is 10.5 Å². The fourth-order valence-electron chi connectivity index (χ4n) is 3.14. The highest BCUT2D eigenvalue weighted by atomic mass is 35.5. The number of halogens is 1. The number of benzene rings is 2. The predicted octanol–water partition coefficient (Wildman–Crippen LogP) is 5.33. The minimum atomic E-state index is -0.0836. The van der Waals surface area contributed by atoms with Crippen LogP contribution in [0, 0.1) is 13.8 Å². The van der Waals surface area contributed by atoms with Crippen LogP contribution in [0.1, 0.15) is 35.6 Å². The molecule has 3 nitrogen and oxygen atoms in total. The van der Waals surface area contributed by atoms with Gasteiger partial charge in [0.15, 0.2) is 0 Å². The summed E-state index contributed by atoms with van der Waals surface area (Å²) >= 11 is 6.22. The van der Waals surface area contributed by atoms with Crippen molar-refractivity contribution in [1.29, 1.82) is 0 Å². The van der Waals surface area contributed by atoms with Crippen LogP contribution in [0.3, 0.4) is 0 Å². The number of amides is 2. The number of nitrogens with zero attached hydrogens (tertiary/aromatic N) is 1. The molecule has 0 spiro atoms. The number of carbonyl (C=O) groups is 1. The summed E-state index contributed by atoms with van der Waals surface area (Å²) in [5, 5.41) is 3.52. The second kappa shape index (κ2) is 6.63. The number of anilines is 1. The van der Waals surface area contributed by atoms with Gasteiger partial charge in [-0.25, -0.2) is 4.79 Å². The third-order valence-corrected chi connectivity index (χ3v) is 4.62. The second-order valence-corrected chi connectivity index (χ2v) is 6.59. The van der Waals surface area contributed by atoms with Gasteiger partial charge in [-0.2, -0.15) is 0 Å². The van der Waals surface area contributed by atoms with Gasteiger partial charge in [-0.15, -0.1) is 0 Å². The average Bonchev–Trinajstić information content (AvgIpc) is 2.99. The molecule has 0 saturated carbocycles. The lowest BCUT2D eigenvalue weighted by Gasteiger charge is -2.26. The summed E-state index contributed by atoms with van der Waals surface area (Å²) in [4.78, 5) is 14.6. The van der Waals surface area contributed by atoms with Gasteiger partial charge >= 0.3 is 6.03 Å². The zero-order chi connectivity index (χ0) is 16.4. The van der Waals surface area contributed by atoms with Crippen molar-refractivity contribution in [3.8, 4) is 0 Å². The first-order valence-corrected chi connectivity index (χ1v) is 8.33. The van der Waals surface area contributed by atoms with E-state index < -0.39 is 0 Å². The number of aryl methyl sites for hydroxylation is 2. The summed E-state index contributed by atoms with van der Waals surface area (Å²) in [5.41, 5.74) is 4.16. The highest BCUT2D eigenvalue weighted by Crippen LogP contribution is 2.33. The fraction of sp³-hybridized carbons (Fsp3) is 0.316. The van der Waals surface area contributed by atoms with Crippen molar-refractivity contribution in [2.24, 2.45) is 0 Å². The maximum atomic E-state index is 12.7. The van der Waals surface area contributed by atoms with Crippen LogP contribution in [0.2, 0.25) is 5.02 Å². The van der Waals surface area contributed by atoms with Crippen LogP contribution in [0.15, 0.2) is 42.5 Å². The second-order valence-electron chi connectivity index (χ2n) is 6.18. The largest absolute Gasteiger partial charge is 0.322 e. The van der Waals surface area contributed by atoms with E-state index in [0.717, 1.165) is 24.9 Å². The highest BCUT2D eigenvalue weighted by molar-refractivity contribution is 6.33. The van der Waals surface area contributed by atoms with E-state index in [1.807, 2.05) is 30.0 Å². The van der Waals surface area contributed by atoms with Crippen LogP contribution in [-0.4, -0.2) is 17.5 Å². The Morgan fingerprint density at radius 3 is 2.70 bits per heavy atom. The molecule has 1 saturated heterocycles. The molecule has 23 heavy (non-hydrogen) atoms. The molecule has 1 heterocycles. The Morgan fingerprint density at radius 2 is 1.96 bits per heavy atom. The third-order valence-electron chi connectivity index (χ3n) is 4.31. The molecule has 1 aliphatic heterocycles. The lowest BCUT2D eigenvalue weighted by atomic mass is 10.0. The molecule has 120 valence electrons. The Labute approximate surface area is 142 Å². The van der Waals surface area contributed by atoms with E-state index >= 15 is 0 Å². The molecule has 4 heteroatoms. The van der Waals surface area contributed by atoms with E-state index in [-0.39, 0.29) is 12.1 Å². The number of nitrogens with one attached hydrogen (secondary N) is 1. The van der Waals surface area contributed by atoms with Crippen LogP contribution < -0.4 is 5.32 Å². The maximum Gasteiger partial charge on any atom is 0.322 e. The van der Waals surface area contributed by atoms with Crippen molar-refractivity contribution in [3.63, 3.8) is 0 Å². The highest BCUT2D eigenvalue weighted by Gasteiger charge is 2.30. The van der Waals surface area contributed by atoms with Gasteiger partial charge in [0.1, 0.15) is 0 Å². The number of hydrogen-bond donors (Lipinski definition) is 1. The van der Waals surface area contributed by atoms with E-state index in [2.05, 4.69) is 36.5 Å². The summed E-state index contributed by atoms with van der Waals surface area (Å²) in [5.74, 6) is 0. The number of urea groups is 1. The van der Waals surface area contributed by atoms with Crippen LogP contribution in [-0.2, 0) is 0 Å². The molecule has 0 aliphatic carbocycles. The van der Waals surface area contributed by atoms with Gasteiger partial charge in [0.2, 0.25) is 0 Å². The van der Waals surface area contributed by atoms with E-state index in [4.69, 9.17) is 11.6 Å². The first kappa shape index (κ1) is 15.9. The molecule has 1 aliphatic rings. The first-order valence-electron chi connectivity index (χ1n) is 7.95. The van der Waals surface area contributed by atoms with Gasteiger partial charge in [-0.1, -0.05) is 47.5 Å². The van der Waals surface area contributed by atoms with Crippen LogP contribution >= 0.6 is 11.6 Å². The molecule has 2 aromatic carbocycles. The van der Waals surface area contributed by atoms with Crippen LogP contribution in [0.5, 0.6) is 0 Å². The Balaban J connectivity index is 1.78. The van der Waals surface area contributed by atoms with Crippen molar-refractivity contribution < 1.29 is 4.79 Å². The number of carbonyl (C=O) groups excluding carboxylic acids is 1. The molecule has 3 rings (SSSR count). The van der Waals surface area contributed by atoms with Crippen molar-refractivity contribution in [2.75, 3.05) is 11.9 Å². The lowest BCUT2D eigenvalue weighted by Crippen LogP contribution is -2.34. The van der Waals surface area contributed by atoms with Gasteiger partial charge in [-0.05, 0) is 49.9 Å². The minimum Gasteiger partial charge on any atom is -0.317 e. The van der Waals surface area contributed by atoms with Crippen molar-refractivity contribution >= 4 is 23.3 Å². The van der Waals surface area contributed by atoms with E-state index in [1.165, 1.54) is 11.1 Å². The standard InChI is InChI=1S/C19H21ClN2O/c1-13-5-3-6-15(11-13)18-7-4-10-22(18)19(23)21-17-9-8-14(2)12-16(17)20/h3,5-6,8-9,11-12,18H,4,7,10H2,1-2H3,(H,21,23)/t18-/m0/s1. The summed E-state index contributed by atoms with van der Waals surface area (Å²) in [6, 6.07) is 14.1. The summed E-state index contributed by atoms with van der Waals surface area (Å²) in [6.45, 7) is 4.83. The number of likely N-dealkylation sites (tertiary alicyclic amines) is 1. The minimum absolute atomic E-state index is 0.0836. The zero-order valence-electron chi connectivity index (χ0n) is 13.5. The molecule has 2 amide bonds. The molecular weight excluding hydrogens is 308 g/mol. The van der Waals surface area contributed by atoms with E-state index in [0.29, 0.717) is 10.7 Å². The fourth-order valence-corrected chi connectivity index (χ4v) is 3.42. The summed E-state index contributed by atoms with van der Waals surface area (Å²) in [6.07, 6.45) is 2.02. The first-order chi connectivity index (χ1) is 11.0. The van der Waals surface area contributed by atoms with Crippen LogP contribution in [0.25, 0.3) is 0 Å². The number of hydrogen-bond acceptors (Lipinski definition) is 1. The Bertz CT molecular complexity index is 729. The van der Waals surface area contributed by atoms with Gasteiger partial charge in [-0.3, -0.25) is 0 Å². The van der Waals surface area contributed by atoms with Crippen molar-refractivity contribution in [1.82, 2.24) is 4.90 Å². The third kappa shape index (κ3) is 3.50. The molecule has 0 radical (unpaired) electrons. The predicted molar refractivity (Wildman–Crippen MR) is 95.1 cm³/mol. The van der Waals surface area contributed by atoms with Gasteiger partial charge in [0, 0.05) is 6.54 Å². The Kier molecular flexibility index (Phi) is 4.58. The molecule has 1 atom stereocenters. The molecule has 0 bridgehead atoms. The number of rotatable bonds is 2. The summed E-state index contributed by atoms with van der Waals surface area (Å²) < 4.78 is 0. The average molecular weight is 329 g/mol. The monoisotopic (exact) mass is 328 g/mol. The SMILES string of the molecule is Cc1cccc([C@@H]2CCCN2C(=O)Nc2ccc(C)cc2Cl)c1. The quantitative estimate of drug-likeness (QED) is 0.794. The summed E-state index contributed by atoms with van der Waals surface area (Å²) in [7, 11) is 0. The molecule has 1 N–H and O–H groups in total. The molecule has 1 fully saturated rings. The Morgan fingerprint density at radius 1 is 1.17 bits per heavy atom. The van der Waals surface area contributed by atoms with E-state index in [1.54, 1.807) is 0 Å². The topological polar surface area (TPSA) is 32.3 Å². The normalized spacial score (nSPS) is 17.3. The van der Waals surface area contributed by atoms with Gasteiger partial charge < -0.3 is 10.2 Å². The molecular formula is C19H21ClN2O. The zero-order valence-corrected chi connectivity index (χ0v) is 14.2. The van der Waals surface area contributed by atoms with Crippen molar-refractivity contribution in [3.05, 3.63) is 64.2 Å². The van der Waals surface area contributed by atoms with Crippen molar-refractivity contribution in [2.45, 2.75) is 32.7 Å². The molecule has 0 unspecified atom stereocenters. The molecule has 2 aromatic rings. The molecule has 0 aromatic heterocycles. The van der Waals surface area contributed by atoms with E-state index in [9.17, 15) is 4.79 Å². The van der Waals surface area contributed by atoms with Gasteiger partial charge in [0.25, 0.3) is 0 Å². The lowest BCUT2D eigenvalue weighted by molar-refractivity contribution is 0.207. The van der Waals surface area contributed by atoms with Gasteiger partial charge in [0.05, 0.1) is 16.8 Å². The Hall–Kier alpha value is -2.00. The maximum absolute atomic E-state index is 12.7. The smallest absolute Gasteiger partial charge is 0.317 e.